The van der Waals surface area contributed by atoms with Crippen LogP contribution in [0.15, 0.2) is 40.9 Å². The number of nitrogens with zero attached hydrogens (tertiary/aromatic N) is 2. The maximum Gasteiger partial charge on any atom is 0.206 e. The summed E-state index contributed by atoms with van der Waals surface area (Å²) in [5.74, 6) is -0.200. The lowest BCUT2D eigenvalue weighted by Crippen LogP contribution is -2.03. The Balaban J connectivity index is 2.44. The quantitative estimate of drug-likeness (QED) is 0.723. The van der Waals surface area contributed by atoms with Gasteiger partial charge in [-0.1, -0.05) is 23.7 Å². The molecule has 1 aromatic heterocycles. The number of hydrogen-bond donors (Lipinski definition) is 1. The fraction of sp³-hybridized carbons (Fsp3) is 0. The van der Waals surface area contributed by atoms with Gasteiger partial charge in [-0.2, -0.15) is 0 Å². The summed E-state index contributed by atoms with van der Waals surface area (Å²) in [6, 6.07) is 10.0. The van der Waals surface area contributed by atoms with E-state index in [1.165, 1.54) is 6.07 Å². The van der Waals surface area contributed by atoms with Crippen LogP contribution >= 0.6 is 27.5 Å². The lowest BCUT2D eigenvalue weighted by Gasteiger charge is -2.10. The van der Waals surface area contributed by atoms with E-state index in [2.05, 4.69) is 20.9 Å². The number of nitrogens with two attached hydrogens (primary N) is 1. The average Bonchev–Trinajstić information content (AvgIpc) is 2.68. The monoisotopic (exact) mass is 339 g/mol. The van der Waals surface area contributed by atoms with Gasteiger partial charge in [0.15, 0.2) is 0 Å². The maximum atomic E-state index is 14.1. The van der Waals surface area contributed by atoms with E-state index in [1.54, 1.807) is 34.9 Å². The average molecular weight is 341 g/mol. The van der Waals surface area contributed by atoms with Crippen LogP contribution in [0.3, 0.4) is 0 Å². The summed E-state index contributed by atoms with van der Waals surface area (Å²) in [5, 5.41) is 0.482. The van der Waals surface area contributed by atoms with Crippen molar-refractivity contribution in [3.8, 4) is 5.69 Å². The molecule has 3 aromatic rings. The molecule has 1 heterocycles. The molecule has 0 aliphatic carbocycles. The summed E-state index contributed by atoms with van der Waals surface area (Å²) >= 11 is 9.40. The molecule has 0 atom stereocenters. The number of imidazole rings is 1. The number of anilines is 1. The number of para-hydroxylation sites is 2. The Kier molecular flexibility index (Phi) is 2.95. The van der Waals surface area contributed by atoms with Crippen LogP contribution in [0.4, 0.5) is 10.3 Å². The van der Waals surface area contributed by atoms with E-state index in [0.29, 0.717) is 26.2 Å². The molecule has 96 valence electrons. The van der Waals surface area contributed by atoms with Crippen LogP contribution in [0.1, 0.15) is 0 Å². The highest BCUT2D eigenvalue weighted by Gasteiger charge is 2.17. The van der Waals surface area contributed by atoms with E-state index in [0.717, 1.165) is 0 Å². The number of rotatable bonds is 1. The minimum atomic E-state index is -0.389. The Morgan fingerprint density at radius 1 is 1.21 bits per heavy atom. The Morgan fingerprint density at radius 3 is 2.68 bits per heavy atom. The van der Waals surface area contributed by atoms with Gasteiger partial charge >= 0.3 is 0 Å². The number of aromatic nitrogens is 2. The fourth-order valence-corrected chi connectivity index (χ4v) is 2.75. The van der Waals surface area contributed by atoms with Gasteiger partial charge in [0, 0.05) is 4.47 Å². The van der Waals surface area contributed by atoms with Crippen LogP contribution in [0.2, 0.25) is 5.02 Å². The Hall–Kier alpha value is -1.59. The molecule has 0 amide bonds. The smallest absolute Gasteiger partial charge is 0.206 e. The molecular weight excluding hydrogens is 333 g/mol. The number of nitrogen functional groups attached to an aromatic ring is 1. The number of halogens is 3. The minimum Gasteiger partial charge on any atom is -0.369 e. The second-order valence-corrected chi connectivity index (χ2v) is 5.24. The van der Waals surface area contributed by atoms with E-state index in [4.69, 9.17) is 17.3 Å². The predicted octanol–water partition coefficient (Wildman–Crippen LogP) is 4.16. The van der Waals surface area contributed by atoms with E-state index >= 15 is 0 Å². The van der Waals surface area contributed by atoms with Crippen LogP contribution in [-0.2, 0) is 0 Å². The largest absolute Gasteiger partial charge is 0.369 e. The van der Waals surface area contributed by atoms with Crippen molar-refractivity contribution >= 4 is 44.5 Å². The molecule has 2 N–H and O–H groups in total. The van der Waals surface area contributed by atoms with Crippen LogP contribution in [-0.4, -0.2) is 9.55 Å². The number of fused-ring (bicyclic) bond motifs is 1. The first-order valence-electron chi connectivity index (χ1n) is 5.46. The Morgan fingerprint density at radius 2 is 1.95 bits per heavy atom. The minimum absolute atomic E-state index is 0.189. The van der Waals surface area contributed by atoms with Gasteiger partial charge in [0.25, 0.3) is 0 Å². The van der Waals surface area contributed by atoms with Crippen LogP contribution in [0, 0.1) is 5.82 Å². The van der Waals surface area contributed by atoms with Gasteiger partial charge in [-0.15, -0.1) is 0 Å². The highest BCUT2D eigenvalue weighted by molar-refractivity contribution is 9.10. The molecule has 6 heteroatoms. The van der Waals surface area contributed by atoms with Crippen LogP contribution in [0.5, 0.6) is 0 Å². The summed E-state index contributed by atoms with van der Waals surface area (Å²) in [5.41, 5.74) is 7.44. The van der Waals surface area contributed by atoms with Crippen molar-refractivity contribution in [1.29, 1.82) is 0 Å². The van der Waals surface area contributed by atoms with E-state index in [-0.39, 0.29) is 11.8 Å². The van der Waals surface area contributed by atoms with Crippen molar-refractivity contribution in [3.63, 3.8) is 0 Å². The van der Waals surface area contributed by atoms with Gasteiger partial charge in [-0.05, 0) is 40.2 Å². The molecule has 0 radical (unpaired) electrons. The summed E-state index contributed by atoms with van der Waals surface area (Å²) < 4.78 is 16.2. The summed E-state index contributed by atoms with van der Waals surface area (Å²) in [4.78, 5) is 4.19. The SMILES string of the molecule is Nc1nc2c(Cl)cccc2n1-c1c(F)cccc1Br. The molecule has 0 saturated heterocycles. The first-order valence-corrected chi connectivity index (χ1v) is 6.63. The zero-order valence-electron chi connectivity index (χ0n) is 9.57. The molecule has 0 fully saturated rings. The van der Waals surface area contributed by atoms with Crippen molar-refractivity contribution in [2.75, 3.05) is 5.73 Å². The van der Waals surface area contributed by atoms with Gasteiger partial charge in [-0.3, -0.25) is 4.57 Å². The second kappa shape index (κ2) is 4.51. The third-order valence-electron chi connectivity index (χ3n) is 2.82. The van der Waals surface area contributed by atoms with Crippen LogP contribution < -0.4 is 5.73 Å². The van der Waals surface area contributed by atoms with Crippen molar-refractivity contribution in [1.82, 2.24) is 9.55 Å². The van der Waals surface area contributed by atoms with Gasteiger partial charge in [0.2, 0.25) is 5.95 Å². The number of benzene rings is 2. The van der Waals surface area contributed by atoms with Crippen molar-refractivity contribution in [2.24, 2.45) is 0 Å². The topological polar surface area (TPSA) is 43.8 Å². The lowest BCUT2D eigenvalue weighted by molar-refractivity contribution is 0.619. The van der Waals surface area contributed by atoms with E-state index in [1.807, 2.05) is 0 Å². The van der Waals surface area contributed by atoms with Crippen molar-refractivity contribution < 1.29 is 4.39 Å². The van der Waals surface area contributed by atoms with Crippen LogP contribution in [0.25, 0.3) is 16.7 Å². The molecule has 3 rings (SSSR count). The molecule has 0 spiro atoms. The van der Waals surface area contributed by atoms with Gasteiger partial charge in [-0.25, -0.2) is 9.37 Å². The van der Waals surface area contributed by atoms with E-state index in [9.17, 15) is 4.39 Å². The molecule has 19 heavy (non-hydrogen) atoms. The predicted molar refractivity (Wildman–Crippen MR) is 78.2 cm³/mol. The van der Waals surface area contributed by atoms with Gasteiger partial charge in [0.05, 0.1) is 16.2 Å². The molecular formula is C13H8BrClFN3. The molecule has 0 aliphatic heterocycles. The lowest BCUT2D eigenvalue weighted by atomic mass is 10.2. The molecule has 0 saturated carbocycles. The maximum absolute atomic E-state index is 14.1. The van der Waals surface area contributed by atoms with Gasteiger partial charge in [0.1, 0.15) is 11.3 Å². The zero-order chi connectivity index (χ0) is 13.6. The molecule has 3 nitrogen and oxygen atoms in total. The Bertz CT molecular complexity index is 765. The van der Waals surface area contributed by atoms with E-state index < -0.39 is 0 Å². The first-order chi connectivity index (χ1) is 9.09. The Labute approximate surface area is 121 Å². The third kappa shape index (κ3) is 1.89. The highest BCUT2D eigenvalue weighted by Crippen LogP contribution is 2.32. The second-order valence-electron chi connectivity index (χ2n) is 3.98. The summed E-state index contributed by atoms with van der Waals surface area (Å²) in [7, 11) is 0. The molecule has 0 aliphatic rings. The summed E-state index contributed by atoms with van der Waals surface area (Å²) in [6.07, 6.45) is 0. The molecule has 0 bridgehead atoms. The van der Waals surface area contributed by atoms with Crippen molar-refractivity contribution in [2.45, 2.75) is 0 Å². The normalized spacial score (nSPS) is 11.1. The third-order valence-corrected chi connectivity index (χ3v) is 3.77. The summed E-state index contributed by atoms with van der Waals surface area (Å²) in [6.45, 7) is 0. The zero-order valence-corrected chi connectivity index (χ0v) is 11.9. The fourth-order valence-electron chi connectivity index (χ4n) is 2.02. The van der Waals surface area contributed by atoms with Gasteiger partial charge < -0.3 is 5.73 Å². The molecule has 2 aromatic carbocycles. The number of hydrogen-bond acceptors (Lipinski definition) is 2. The highest BCUT2D eigenvalue weighted by atomic mass is 79.9. The van der Waals surface area contributed by atoms with Crippen molar-refractivity contribution in [3.05, 3.63) is 51.7 Å². The standard InChI is InChI=1S/C13H8BrClFN3/c14-7-3-1-5-9(16)12(7)19-10-6-2-4-8(15)11(10)18-13(19)17/h1-6H,(H2,17,18). The first kappa shape index (κ1) is 12.4. The molecule has 0 unspecified atom stereocenters.